The number of benzene rings is 2. The van der Waals surface area contributed by atoms with Gasteiger partial charge in [0.15, 0.2) is 0 Å². The van der Waals surface area contributed by atoms with E-state index in [0.717, 1.165) is 17.5 Å². The largest absolute Gasteiger partial charge is 0.354 e. The van der Waals surface area contributed by atoms with E-state index in [0.29, 0.717) is 25.9 Å². The van der Waals surface area contributed by atoms with Crippen molar-refractivity contribution in [3.8, 4) is 0 Å². The summed E-state index contributed by atoms with van der Waals surface area (Å²) in [5.74, 6) is -0.102. The van der Waals surface area contributed by atoms with Crippen molar-refractivity contribution in [3.63, 3.8) is 0 Å². The summed E-state index contributed by atoms with van der Waals surface area (Å²) in [6, 6.07) is 19.2. The molecule has 0 aliphatic heterocycles. The first-order valence-corrected chi connectivity index (χ1v) is 9.30. The van der Waals surface area contributed by atoms with Crippen LogP contribution >= 0.6 is 0 Å². The van der Waals surface area contributed by atoms with E-state index in [9.17, 15) is 9.59 Å². The van der Waals surface area contributed by atoms with Gasteiger partial charge in [-0.15, -0.1) is 0 Å². The second-order valence-electron chi connectivity index (χ2n) is 6.36. The van der Waals surface area contributed by atoms with Crippen LogP contribution in [0.1, 0.15) is 37.8 Å². The van der Waals surface area contributed by atoms with E-state index < -0.39 is 6.04 Å². The minimum absolute atomic E-state index is 0.0126. The van der Waals surface area contributed by atoms with Crippen LogP contribution in [0.15, 0.2) is 60.7 Å². The molecule has 0 saturated carbocycles. The summed E-state index contributed by atoms with van der Waals surface area (Å²) in [6.07, 6.45) is 1.75. The van der Waals surface area contributed by atoms with E-state index in [1.54, 1.807) is 4.90 Å². The van der Waals surface area contributed by atoms with Crippen LogP contribution in [0.3, 0.4) is 0 Å². The topological polar surface area (TPSA) is 49.4 Å². The lowest BCUT2D eigenvalue weighted by Crippen LogP contribution is -2.50. The molecule has 4 nitrogen and oxygen atoms in total. The summed E-state index contributed by atoms with van der Waals surface area (Å²) in [4.78, 5) is 27.2. The van der Waals surface area contributed by atoms with Gasteiger partial charge in [0, 0.05) is 25.9 Å². The molecule has 0 aromatic heterocycles. The number of hydrogen-bond donors (Lipinski definition) is 1. The van der Waals surface area contributed by atoms with Gasteiger partial charge in [0.2, 0.25) is 11.8 Å². The van der Waals surface area contributed by atoms with Gasteiger partial charge in [-0.1, -0.05) is 74.5 Å². The van der Waals surface area contributed by atoms with Gasteiger partial charge in [-0.2, -0.15) is 0 Å². The van der Waals surface area contributed by atoms with E-state index in [2.05, 4.69) is 5.32 Å². The first-order valence-electron chi connectivity index (χ1n) is 9.30. The molecule has 0 radical (unpaired) electrons. The number of carbonyl (C=O) groups is 2. The summed E-state index contributed by atoms with van der Waals surface area (Å²) in [7, 11) is 0. The normalized spacial score (nSPS) is 11.6. The molecule has 2 aromatic rings. The molecule has 1 atom stereocenters. The molecule has 0 unspecified atom stereocenters. The molecule has 0 bridgehead atoms. The minimum atomic E-state index is -0.517. The SMILES string of the molecule is CCCNC(=O)[C@H](Cc1ccccc1)N(Cc1ccccc1)C(=O)CC. The summed E-state index contributed by atoms with van der Waals surface area (Å²) in [5.41, 5.74) is 2.07. The molecular weight excluding hydrogens is 324 g/mol. The van der Waals surface area contributed by atoms with Gasteiger partial charge in [-0.3, -0.25) is 9.59 Å². The van der Waals surface area contributed by atoms with Crippen molar-refractivity contribution in [1.29, 1.82) is 0 Å². The molecule has 4 heteroatoms. The number of hydrogen-bond acceptors (Lipinski definition) is 2. The van der Waals surface area contributed by atoms with E-state index in [-0.39, 0.29) is 11.8 Å². The number of rotatable bonds is 9. The molecule has 0 heterocycles. The fourth-order valence-electron chi connectivity index (χ4n) is 2.90. The van der Waals surface area contributed by atoms with Gasteiger partial charge in [0.25, 0.3) is 0 Å². The van der Waals surface area contributed by atoms with Crippen molar-refractivity contribution in [2.75, 3.05) is 6.54 Å². The highest BCUT2D eigenvalue weighted by molar-refractivity contribution is 5.87. The third kappa shape index (κ3) is 5.73. The molecule has 0 aliphatic carbocycles. The quantitative estimate of drug-likeness (QED) is 0.750. The number of carbonyl (C=O) groups excluding carboxylic acids is 2. The Morgan fingerprint density at radius 1 is 0.923 bits per heavy atom. The van der Waals surface area contributed by atoms with Crippen LogP contribution in [-0.2, 0) is 22.6 Å². The van der Waals surface area contributed by atoms with Gasteiger partial charge in [0.05, 0.1) is 0 Å². The second-order valence-corrected chi connectivity index (χ2v) is 6.36. The van der Waals surface area contributed by atoms with Crippen LogP contribution in [-0.4, -0.2) is 29.3 Å². The molecule has 2 amide bonds. The molecule has 0 saturated heterocycles. The van der Waals surface area contributed by atoms with Crippen LogP contribution < -0.4 is 5.32 Å². The Morgan fingerprint density at radius 2 is 1.50 bits per heavy atom. The lowest BCUT2D eigenvalue weighted by molar-refractivity contribution is -0.141. The second kappa shape index (κ2) is 10.4. The van der Waals surface area contributed by atoms with Crippen molar-refractivity contribution < 1.29 is 9.59 Å². The van der Waals surface area contributed by atoms with Crippen LogP contribution in [0.2, 0.25) is 0 Å². The third-order valence-electron chi connectivity index (χ3n) is 4.32. The van der Waals surface area contributed by atoms with Crippen molar-refractivity contribution in [1.82, 2.24) is 10.2 Å². The number of amides is 2. The smallest absolute Gasteiger partial charge is 0.243 e. The average Bonchev–Trinajstić information content (AvgIpc) is 2.69. The molecule has 26 heavy (non-hydrogen) atoms. The van der Waals surface area contributed by atoms with Crippen molar-refractivity contribution in [3.05, 3.63) is 71.8 Å². The maximum absolute atomic E-state index is 12.9. The van der Waals surface area contributed by atoms with Crippen molar-refractivity contribution >= 4 is 11.8 Å². The minimum Gasteiger partial charge on any atom is -0.354 e. The first kappa shape index (κ1) is 19.7. The van der Waals surface area contributed by atoms with Gasteiger partial charge in [-0.05, 0) is 17.5 Å². The van der Waals surface area contributed by atoms with Crippen LogP contribution in [0, 0.1) is 0 Å². The maximum atomic E-state index is 12.9. The highest BCUT2D eigenvalue weighted by atomic mass is 16.2. The Morgan fingerprint density at radius 3 is 2.04 bits per heavy atom. The summed E-state index contributed by atoms with van der Waals surface area (Å²) in [6.45, 7) is 4.91. The van der Waals surface area contributed by atoms with Gasteiger partial charge < -0.3 is 10.2 Å². The molecule has 0 aliphatic rings. The van der Waals surface area contributed by atoms with Crippen LogP contribution in [0.4, 0.5) is 0 Å². The zero-order valence-electron chi connectivity index (χ0n) is 15.7. The molecule has 1 N–H and O–H groups in total. The lowest BCUT2D eigenvalue weighted by atomic mass is 10.0. The Bertz CT molecular complexity index is 686. The molecule has 2 aromatic carbocycles. The first-order chi connectivity index (χ1) is 12.7. The maximum Gasteiger partial charge on any atom is 0.243 e. The molecular formula is C22H28N2O2. The van der Waals surface area contributed by atoms with E-state index >= 15 is 0 Å². The molecule has 0 spiro atoms. The molecule has 2 rings (SSSR count). The highest BCUT2D eigenvalue weighted by Crippen LogP contribution is 2.15. The van der Waals surface area contributed by atoms with E-state index in [1.165, 1.54) is 0 Å². The van der Waals surface area contributed by atoms with E-state index in [4.69, 9.17) is 0 Å². The molecule has 138 valence electrons. The predicted molar refractivity (Wildman–Crippen MR) is 105 cm³/mol. The van der Waals surface area contributed by atoms with Crippen molar-refractivity contribution in [2.24, 2.45) is 0 Å². The van der Waals surface area contributed by atoms with Gasteiger partial charge >= 0.3 is 0 Å². The molecule has 0 fully saturated rings. The monoisotopic (exact) mass is 352 g/mol. The Hall–Kier alpha value is -2.62. The van der Waals surface area contributed by atoms with E-state index in [1.807, 2.05) is 74.5 Å². The fourth-order valence-corrected chi connectivity index (χ4v) is 2.90. The highest BCUT2D eigenvalue weighted by Gasteiger charge is 2.29. The average molecular weight is 352 g/mol. The Balaban J connectivity index is 2.29. The Labute approximate surface area is 156 Å². The number of nitrogens with one attached hydrogen (secondary N) is 1. The lowest BCUT2D eigenvalue weighted by Gasteiger charge is -2.31. The fraction of sp³-hybridized carbons (Fsp3) is 0.364. The Kier molecular flexibility index (Phi) is 7.87. The summed E-state index contributed by atoms with van der Waals surface area (Å²) in [5, 5.41) is 2.97. The van der Waals surface area contributed by atoms with Crippen molar-refractivity contribution in [2.45, 2.75) is 45.7 Å². The van der Waals surface area contributed by atoms with Crippen LogP contribution in [0.5, 0.6) is 0 Å². The predicted octanol–water partition coefficient (Wildman–Crippen LogP) is 3.56. The number of nitrogens with zero attached hydrogens (tertiary/aromatic N) is 1. The summed E-state index contributed by atoms with van der Waals surface area (Å²) >= 11 is 0. The zero-order chi connectivity index (χ0) is 18.8. The van der Waals surface area contributed by atoms with Crippen LogP contribution in [0.25, 0.3) is 0 Å². The standard InChI is InChI=1S/C22H28N2O2/c1-3-15-23-22(26)20(16-18-11-7-5-8-12-18)24(21(25)4-2)17-19-13-9-6-10-14-19/h5-14,20H,3-4,15-17H2,1-2H3,(H,23,26)/t20-/m0/s1. The third-order valence-corrected chi connectivity index (χ3v) is 4.32. The summed E-state index contributed by atoms with van der Waals surface area (Å²) < 4.78 is 0. The van der Waals surface area contributed by atoms with Gasteiger partial charge in [0.1, 0.15) is 6.04 Å². The van der Waals surface area contributed by atoms with Gasteiger partial charge in [-0.25, -0.2) is 0 Å². The zero-order valence-corrected chi connectivity index (χ0v) is 15.7.